The molecule has 154 valence electrons. The van der Waals surface area contributed by atoms with Crippen LogP contribution in [0.15, 0.2) is 35.6 Å². The number of aliphatic imine (C=N–C) groups is 1. The number of nitrogens with one attached hydrogen (secondary N) is 1. The van der Waals surface area contributed by atoms with E-state index in [9.17, 15) is 0 Å². The molecule has 1 aromatic carbocycles. The van der Waals surface area contributed by atoms with Crippen LogP contribution in [0.4, 0.5) is 5.69 Å². The van der Waals surface area contributed by atoms with Gasteiger partial charge in [0.1, 0.15) is 12.2 Å². The number of hydrogen-bond acceptors (Lipinski definition) is 4. The molecular weight excluding hydrogens is 489 g/mol. The van der Waals surface area contributed by atoms with Crippen LogP contribution in [-0.2, 0) is 13.0 Å². The maximum Gasteiger partial charge on any atom is 0.194 e. The first-order valence-electron chi connectivity index (χ1n) is 9.61. The molecule has 1 aromatic heterocycles. The van der Waals surface area contributed by atoms with Crippen LogP contribution in [0, 0.1) is 0 Å². The van der Waals surface area contributed by atoms with E-state index in [1.54, 1.807) is 6.33 Å². The third-order valence-corrected chi connectivity index (χ3v) is 4.94. The highest BCUT2D eigenvalue weighted by molar-refractivity contribution is 14.0. The van der Waals surface area contributed by atoms with E-state index in [1.165, 1.54) is 5.69 Å². The third-order valence-electron chi connectivity index (χ3n) is 4.70. The minimum atomic E-state index is 0. The summed E-state index contributed by atoms with van der Waals surface area (Å²) in [6.07, 6.45) is 2.67. The third kappa shape index (κ3) is 5.97. The molecule has 0 saturated carbocycles. The molecule has 2 heterocycles. The number of halogens is 2. The summed E-state index contributed by atoms with van der Waals surface area (Å²) in [5.41, 5.74) is 1.18. The Labute approximate surface area is 189 Å². The van der Waals surface area contributed by atoms with Crippen LogP contribution in [0.25, 0.3) is 0 Å². The summed E-state index contributed by atoms with van der Waals surface area (Å²) in [5, 5.41) is 12.3. The van der Waals surface area contributed by atoms with Crippen molar-refractivity contribution in [3.05, 3.63) is 41.4 Å². The molecule has 1 saturated heterocycles. The van der Waals surface area contributed by atoms with E-state index in [0.717, 1.165) is 62.5 Å². The Balaban J connectivity index is 0.00000280. The van der Waals surface area contributed by atoms with E-state index < -0.39 is 0 Å². The summed E-state index contributed by atoms with van der Waals surface area (Å²) in [4.78, 5) is 9.52. The summed E-state index contributed by atoms with van der Waals surface area (Å²) < 4.78 is 2.07. The summed E-state index contributed by atoms with van der Waals surface area (Å²) >= 11 is 6.13. The van der Waals surface area contributed by atoms with Crippen LogP contribution in [-0.4, -0.2) is 64.9 Å². The summed E-state index contributed by atoms with van der Waals surface area (Å²) in [5.74, 6) is 1.99. The van der Waals surface area contributed by atoms with Crippen LogP contribution in [0.2, 0.25) is 5.02 Å². The molecule has 7 nitrogen and oxygen atoms in total. The highest BCUT2D eigenvalue weighted by atomic mass is 127. The van der Waals surface area contributed by atoms with Crippen LogP contribution >= 0.6 is 35.6 Å². The Bertz CT molecular complexity index is 756. The number of aromatic nitrogens is 3. The van der Waals surface area contributed by atoms with Gasteiger partial charge in [-0.3, -0.25) is 4.99 Å². The molecule has 0 amide bonds. The van der Waals surface area contributed by atoms with Crippen molar-refractivity contribution in [3.8, 4) is 0 Å². The fraction of sp³-hybridized carbons (Fsp3) is 0.526. The van der Waals surface area contributed by atoms with Crippen LogP contribution < -0.4 is 10.2 Å². The zero-order valence-electron chi connectivity index (χ0n) is 16.5. The SMILES string of the molecule is CCNC(=NCCn1cnnc1CC)N1CCN(c2cccc(Cl)c2)CC1.I. The fourth-order valence-electron chi connectivity index (χ4n) is 3.28. The lowest BCUT2D eigenvalue weighted by Crippen LogP contribution is -2.52. The number of rotatable bonds is 6. The van der Waals surface area contributed by atoms with Gasteiger partial charge in [-0.05, 0) is 25.1 Å². The second kappa shape index (κ2) is 11.5. The van der Waals surface area contributed by atoms with Crippen molar-refractivity contribution in [3.63, 3.8) is 0 Å². The molecule has 1 aliphatic rings. The van der Waals surface area contributed by atoms with Gasteiger partial charge >= 0.3 is 0 Å². The average Bonchev–Trinajstić information content (AvgIpc) is 3.15. The van der Waals surface area contributed by atoms with Crippen LogP contribution in [0.1, 0.15) is 19.7 Å². The second-order valence-electron chi connectivity index (χ2n) is 6.48. The maximum absolute atomic E-state index is 6.13. The first kappa shape index (κ1) is 22.7. The van der Waals surface area contributed by atoms with Crippen LogP contribution in [0.5, 0.6) is 0 Å². The average molecular weight is 518 g/mol. The standard InChI is InChI=1S/C19H28ClN7.HI/c1-3-18-24-23-15-27(18)9-8-22-19(21-4-2)26-12-10-25(11-13-26)17-7-5-6-16(20)14-17;/h5-7,14-15H,3-4,8-13H2,1-2H3,(H,21,22);1H. The van der Waals surface area contributed by atoms with E-state index in [-0.39, 0.29) is 24.0 Å². The summed E-state index contributed by atoms with van der Waals surface area (Å²) in [6, 6.07) is 8.06. The highest BCUT2D eigenvalue weighted by Crippen LogP contribution is 2.20. The van der Waals surface area contributed by atoms with E-state index in [0.29, 0.717) is 6.54 Å². The summed E-state index contributed by atoms with van der Waals surface area (Å²) in [7, 11) is 0. The van der Waals surface area contributed by atoms with E-state index in [2.05, 4.69) is 49.8 Å². The normalized spacial score (nSPS) is 14.8. The van der Waals surface area contributed by atoms with Crippen molar-refractivity contribution in [1.82, 2.24) is 25.0 Å². The first-order valence-corrected chi connectivity index (χ1v) is 9.99. The van der Waals surface area contributed by atoms with Gasteiger partial charge in [0.15, 0.2) is 5.96 Å². The quantitative estimate of drug-likeness (QED) is 0.363. The molecule has 0 radical (unpaired) electrons. The van der Waals surface area contributed by atoms with E-state index in [4.69, 9.17) is 16.6 Å². The molecule has 1 fully saturated rings. The highest BCUT2D eigenvalue weighted by Gasteiger charge is 2.20. The topological polar surface area (TPSA) is 61.6 Å². The number of hydrogen-bond donors (Lipinski definition) is 1. The maximum atomic E-state index is 6.13. The van der Waals surface area contributed by atoms with E-state index in [1.807, 2.05) is 18.2 Å². The zero-order valence-corrected chi connectivity index (χ0v) is 19.6. The Morgan fingerprint density at radius 2 is 2.00 bits per heavy atom. The molecule has 1 N–H and O–H groups in total. The van der Waals surface area contributed by atoms with Crippen molar-refractivity contribution in [2.45, 2.75) is 26.8 Å². The van der Waals surface area contributed by atoms with Gasteiger partial charge < -0.3 is 19.7 Å². The smallest absolute Gasteiger partial charge is 0.194 e. The fourth-order valence-corrected chi connectivity index (χ4v) is 3.46. The van der Waals surface area contributed by atoms with Gasteiger partial charge in [-0.2, -0.15) is 0 Å². The number of benzene rings is 1. The molecule has 2 aromatic rings. The Kier molecular flexibility index (Phi) is 9.30. The Morgan fingerprint density at radius 1 is 1.21 bits per heavy atom. The predicted octanol–water partition coefficient (Wildman–Crippen LogP) is 2.90. The van der Waals surface area contributed by atoms with Crippen LogP contribution in [0.3, 0.4) is 0 Å². The molecule has 0 aliphatic carbocycles. The Hall–Kier alpha value is -1.55. The number of nitrogens with zero attached hydrogens (tertiary/aromatic N) is 6. The lowest BCUT2D eigenvalue weighted by atomic mass is 10.2. The molecule has 0 bridgehead atoms. The minimum Gasteiger partial charge on any atom is -0.368 e. The molecule has 0 atom stereocenters. The first-order chi connectivity index (χ1) is 13.2. The number of guanidine groups is 1. The molecule has 0 spiro atoms. The van der Waals surface area contributed by atoms with Gasteiger partial charge in [-0.25, -0.2) is 0 Å². The van der Waals surface area contributed by atoms with E-state index >= 15 is 0 Å². The lowest BCUT2D eigenvalue weighted by molar-refractivity contribution is 0.372. The number of anilines is 1. The van der Waals surface area contributed by atoms with Gasteiger partial charge in [-0.1, -0.05) is 24.6 Å². The van der Waals surface area contributed by atoms with Crippen molar-refractivity contribution < 1.29 is 0 Å². The van der Waals surface area contributed by atoms with Crippen molar-refractivity contribution in [1.29, 1.82) is 0 Å². The van der Waals surface area contributed by atoms with Gasteiger partial charge in [-0.15, -0.1) is 34.2 Å². The zero-order chi connectivity index (χ0) is 19.1. The van der Waals surface area contributed by atoms with Crippen molar-refractivity contribution >= 4 is 47.2 Å². The summed E-state index contributed by atoms with van der Waals surface area (Å²) in [6.45, 7) is 10.3. The lowest BCUT2D eigenvalue weighted by Gasteiger charge is -2.37. The number of aryl methyl sites for hydroxylation is 1. The molecular formula is C19H29ClIN7. The monoisotopic (exact) mass is 517 g/mol. The molecule has 3 rings (SSSR count). The van der Waals surface area contributed by atoms with Crippen molar-refractivity contribution in [2.75, 3.05) is 44.2 Å². The number of piperazine rings is 1. The molecule has 1 aliphatic heterocycles. The minimum absolute atomic E-state index is 0. The molecule has 28 heavy (non-hydrogen) atoms. The van der Waals surface area contributed by atoms with Gasteiger partial charge in [0.2, 0.25) is 0 Å². The van der Waals surface area contributed by atoms with Gasteiger partial charge in [0.05, 0.1) is 6.54 Å². The molecule has 9 heteroatoms. The second-order valence-corrected chi connectivity index (χ2v) is 6.92. The predicted molar refractivity (Wildman–Crippen MR) is 126 cm³/mol. The Morgan fingerprint density at radius 3 is 2.68 bits per heavy atom. The largest absolute Gasteiger partial charge is 0.368 e. The van der Waals surface area contributed by atoms with Gasteiger partial charge in [0.25, 0.3) is 0 Å². The molecule has 0 unspecified atom stereocenters. The van der Waals surface area contributed by atoms with Crippen molar-refractivity contribution in [2.24, 2.45) is 4.99 Å². The van der Waals surface area contributed by atoms with Gasteiger partial charge in [0, 0.05) is 56.4 Å².